The minimum atomic E-state index is -0.259. The summed E-state index contributed by atoms with van der Waals surface area (Å²) in [6, 6.07) is 7.76. The van der Waals surface area contributed by atoms with Gasteiger partial charge in [0.25, 0.3) is 5.91 Å². The van der Waals surface area contributed by atoms with Gasteiger partial charge in [-0.05, 0) is 44.4 Å². The predicted molar refractivity (Wildman–Crippen MR) is 88.1 cm³/mol. The number of amides is 1. The number of hydrogen-bond acceptors (Lipinski definition) is 5. The second-order valence-electron chi connectivity index (χ2n) is 6.02. The number of nitrogens with one attached hydrogen (secondary N) is 1. The van der Waals surface area contributed by atoms with Gasteiger partial charge in [-0.2, -0.15) is 0 Å². The number of carbonyl (C=O) groups excluding carboxylic acids is 1. The molecule has 1 fully saturated rings. The second-order valence-corrected chi connectivity index (χ2v) is 6.02. The van der Waals surface area contributed by atoms with E-state index in [0.29, 0.717) is 17.9 Å². The first-order valence-electron chi connectivity index (χ1n) is 8.18. The Morgan fingerprint density at radius 3 is 3.04 bits per heavy atom. The summed E-state index contributed by atoms with van der Waals surface area (Å²) in [7, 11) is 0. The van der Waals surface area contributed by atoms with Crippen molar-refractivity contribution in [3.8, 4) is 5.75 Å². The zero-order valence-electron chi connectivity index (χ0n) is 14.0. The highest BCUT2D eigenvalue weighted by atomic mass is 16.5. The largest absolute Gasteiger partial charge is 0.489 e. The molecular formula is C18H22N2O4. The summed E-state index contributed by atoms with van der Waals surface area (Å²) in [5.74, 6) is 1.08. The third kappa shape index (κ3) is 3.94. The van der Waals surface area contributed by atoms with Gasteiger partial charge in [0.2, 0.25) is 0 Å². The highest BCUT2D eigenvalue weighted by Crippen LogP contribution is 2.19. The highest BCUT2D eigenvalue weighted by Gasteiger charge is 2.22. The number of benzene rings is 1. The summed E-state index contributed by atoms with van der Waals surface area (Å²) in [5, 5.41) is 6.74. The van der Waals surface area contributed by atoms with E-state index in [2.05, 4.69) is 10.5 Å². The molecule has 0 saturated carbocycles. The van der Waals surface area contributed by atoms with Crippen LogP contribution in [0.2, 0.25) is 0 Å². The van der Waals surface area contributed by atoms with Crippen molar-refractivity contribution in [2.45, 2.75) is 39.4 Å². The van der Waals surface area contributed by atoms with Crippen LogP contribution < -0.4 is 10.1 Å². The maximum absolute atomic E-state index is 12.4. The van der Waals surface area contributed by atoms with E-state index in [0.717, 1.165) is 30.8 Å². The lowest BCUT2D eigenvalue weighted by Gasteiger charge is -2.10. The van der Waals surface area contributed by atoms with Crippen molar-refractivity contribution in [2.75, 3.05) is 13.2 Å². The SMILES string of the molecule is Cc1cccc(OCc2c(C(=O)NCC3CCCO3)noc2C)c1. The summed E-state index contributed by atoms with van der Waals surface area (Å²) < 4.78 is 16.5. The van der Waals surface area contributed by atoms with Crippen LogP contribution in [0.5, 0.6) is 5.75 Å². The Kier molecular flexibility index (Phi) is 5.15. The van der Waals surface area contributed by atoms with Crippen LogP contribution in [0.1, 0.15) is 40.2 Å². The quantitative estimate of drug-likeness (QED) is 0.881. The molecule has 24 heavy (non-hydrogen) atoms. The lowest BCUT2D eigenvalue weighted by molar-refractivity contribution is 0.0848. The van der Waals surface area contributed by atoms with Gasteiger partial charge in [0.15, 0.2) is 5.69 Å². The molecule has 1 saturated heterocycles. The first kappa shape index (κ1) is 16.5. The molecule has 1 amide bonds. The molecular weight excluding hydrogens is 308 g/mol. The number of ether oxygens (including phenoxy) is 2. The molecule has 0 spiro atoms. The number of carbonyl (C=O) groups is 1. The fourth-order valence-electron chi connectivity index (χ4n) is 2.70. The summed E-state index contributed by atoms with van der Waals surface area (Å²) in [5.41, 5.74) is 2.06. The van der Waals surface area contributed by atoms with E-state index in [1.807, 2.05) is 31.2 Å². The summed E-state index contributed by atoms with van der Waals surface area (Å²) >= 11 is 0. The van der Waals surface area contributed by atoms with Crippen LogP contribution in [0.15, 0.2) is 28.8 Å². The molecule has 1 atom stereocenters. The molecule has 1 unspecified atom stereocenters. The van der Waals surface area contributed by atoms with E-state index >= 15 is 0 Å². The normalized spacial score (nSPS) is 17.0. The fourth-order valence-corrected chi connectivity index (χ4v) is 2.70. The molecule has 1 aromatic heterocycles. The van der Waals surface area contributed by atoms with E-state index in [9.17, 15) is 4.79 Å². The lowest BCUT2D eigenvalue weighted by Crippen LogP contribution is -2.32. The molecule has 6 heteroatoms. The van der Waals surface area contributed by atoms with Crippen LogP contribution in [0.4, 0.5) is 0 Å². The lowest BCUT2D eigenvalue weighted by atomic mass is 10.2. The van der Waals surface area contributed by atoms with Crippen molar-refractivity contribution in [3.63, 3.8) is 0 Å². The van der Waals surface area contributed by atoms with E-state index in [4.69, 9.17) is 14.0 Å². The van der Waals surface area contributed by atoms with E-state index in [-0.39, 0.29) is 24.3 Å². The fraction of sp³-hybridized carbons (Fsp3) is 0.444. The number of rotatable bonds is 6. The molecule has 1 aromatic carbocycles. The van der Waals surface area contributed by atoms with Crippen molar-refractivity contribution in [2.24, 2.45) is 0 Å². The van der Waals surface area contributed by atoms with Gasteiger partial charge >= 0.3 is 0 Å². The third-order valence-corrected chi connectivity index (χ3v) is 4.09. The van der Waals surface area contributed by atoms with E-state index < -0.39 is 0 Å². The van der Waals surface area contributed by atoms with E-state index in [1.165, 1.54) is 0 Å². The predicted octanol–water partition coefficient (Wildman–Crippen LogP) is 2.78. The van der Waals surface area contributed by atoms with Crippen molar-refractivity contribution >= 4 is 5.91 Å². The Hall–Kier alpha value is -2.34. The Labute approximate surface area is 141 Å². The van der Waals surface area contributed by atoms with Gasteiger partial charge in [0.1, 0.15) is 18.1 Å². The highest BCUT2D eigenvalue weighted by molar-refractivity contribution is 5.93. The van der Waals surface area contributed by atoms with Gasteiger partial charge in [-0.3, -0.25) is 4.79 Å². The van der Waals surface area contributed by atoms with Crippen LogP contribution in [0.25, 0.3) is 0 Å². The Morgan fingerprint density at radius 1 is 1.42 bits per heavy atom. The molecule has 0 radical (unpaired) electrons. The van der Waals surface area contributed by atoms with Crippen molar-refractivity contribution in [1.82, 2.24) is 10.5 Å². The first-order chi connectivity index (χ1) is 11.6. The minimum absolute atomic E-state index is 0.0916. The molecule has 0 aliphatic carbocycles. The third-order valence-electron chi connectivity index (χ3n) is 4.09. The number of hydrogen-bond donors (Lipinski definition) is 1. The first-order valence-corrected chi connectivity index (χ1v) is 8.18. The van der Waals surface area contributed by atoms with Crippen molar-refractivity contribution in [1.29, 1.82) is 0 Å². The molecule has 1 N–H and O–H groups in total. The molecule has 2 aromatic rings. The molecule has 1 aliphatic heterocycles. The van der Waals surface area contributed by atoms with Gasteiger partial charge < -0.3 is 19.3 Å². The number of nitrogens with zero attached hydrogens (tertiary/aromatic N) is 1. The Balaban J connectivity index is 1.63. The van der Waals surface area contributed by atoms with Gasteiger partial charge in [0.05, 0.1) is 11.7 Å². The average molecular weight is 330 g/mol. The van der Waals surface area contributed by atoms with Gasteiger partial charge in [-0.25, -0.2) is 0 Å². The summed E-state index contributed by atoms with van der Waals surface area (Å²) in [4.78, 5) is 12.4. The summed E-state index contributed by atoms with van der Waals surface area (Å²) in [6.45, 7) is 5.27. The molecule has 6 nitrogen and oxygen atoms in total. The van der Waals surface area contributed by atoms with Crippen LogP contribution in [0.3, 0.4) is 0 Å². The standard InChI is InChI=1S/C18H22N2O4/c1-12-5-3-6-14(9-12)23-11-16-13(2)24-20-17(16)18(21)19-10-15-7-4-8-22-15/h3,5-6,9,15H,4,7-8,10-11H2,1-2H3,(H,19,21). The Morgan fingerprint density at radius 2 is 2.29 bits per heavy atom. The molecule has 128 valence electrons. The van der Waals surface area contributed by atoms with Gasteiger partial charge in [0, 0.05) is 13.2 Å². The molecule has 1 aliphatic rings. The molecule has 0 bridgehead atoms. The topological polar surface area (TPSA) is 73.6 Å². The minimum Gasteiger partial charge on any atom is -0.489 e. The van der Waals surface area contributed by atoms with Crippen LogP contribution >= 0.6 is 0 Å². The zero-order valence-corrected chi connectivity index (χ0v) is 14.0. The summed E-state index contributed by atoms with van der Waals surface area (Å²) in [6.07, 6.45) is 2.11. The van der Waals surface area contributed by atoms with Crippen molar-refractivity contribution in [3.05, 3.63) is 46.8 Å². The average Bonchev–Trinajstić information content (AvgIpc) is 3.20. The van der Waals surface area contributed by atoms with Crippen molar-refractivity contribution < 1.29 is 18.8 Å². The maximum atomic E-state index is 12.4. The van der Waals surface area contributed by atoms with Gasteiger partial charge in [-0.15, -0.1) is 0 Å². The second kappa shape index (κ2) is 7.49. The zero-order chi connectivity index (χ0) is 16.9. The van der Waals surface area contributed by atoms with Crippen LogP contribution in [0, 0.1) is 13.8 Å². The number of aryl methyl sites for hydroxylation is 2. The molecule has 3 rings (SSSR count). The number of aromatic nitrogens is 1. The maximum Gasteiger partial charge on any atom is 0.273 e. The monoisotopic (exact) mass is 330 g/mol. The van der Waals surface area contributed by atoms with E-state index in [1.54, 1.807) is 6.92 Å². The van der Waals surface area contributed by atoms with Gasteiger partial charge in [-0.1, -0.05) is 17.3 Å². The van der Waals surface area contributed by atoms with Crippen LogP contribution in [-0.2, 0) is 11.3 Å². The smallest absolute Gasteiger partial charge is 0.273 e. The van der Waals surface area contributed by atoms with Crippen LogP contribution in [-0.4, -0.2) is 30.3 Å². The Bertz CT molecular complexity index is 705. The molecule has 2 heterocycles.